The third kappa shape index (κ3) is 2.73. The quantitative estimate of drug-likeness (QED) is 0.582. The molecule has 0 saturated carbocycles. The van der Waals surface area contributed by atoms with E-state index in [0.29, 0.717) is 0 Å². The Bertz CT molecular complexity index is 1140. The van der Waals surface area contributed by atoms with Gasteiger partial charge in [-0.25, -0.2) is 0 Å². The highest BCUT2D eigenvalue weighted by molar-refractivity contribution is 5.74. The number of fused-ring (bicyclic) bond motifs is 3. The second-order valence-corrected chi connectivity index (χ2v) is 5.51. The van der Waals surface area contributed by atoms with E-state index in [4.69, 9.17) is 0 Å². The number of hydrogen-bond donors (Lipinski definition) is 0. The lowest BCUT2D eigenvalue weighted by Crippen LogP contribution is -2.12. The fraction of sp³-hybridized carbons (Fsp3) is 0.130. The van der Waals surface area contributed by atoms with Crippen LogP contribution in [0, 0.1) is 20.9 Å². The molecule has 114 valence electrons. The average molecular weight is 298 g/mol. The van der Waals surface area contributed by atoms with E-state index in [2.05, 4.69) is 85.8 Å². The Morgan fingerprint density at radius 1 is 0.478 bits per heavy atom. The van der Waals surface area contributed by atoms with Crippen molar-refractivity contribution in [3.05, 3.63) is 104 Å². The van der Waals surface area contributed by atoms with Crippen molar-refractivity contribution in [1.82, 2.24) is 0 Å². The van der Waals surface area contributed by atoms with Gasteiger partial charge in [0.05, 0.1) is 0 Å². The predicted molar refractivity (Wildman–Crippen MR) is 98.8 cm³/mol. The van der Waals surface area contributed by atoms with Crippen molar-refractivity contribution in [3.8, 4) is 0 Å². The summed E-state index contributed by atoms with van der Waals surface area (Å²) in [5.41, 5.74) is 1.31. The van der Waals surface area contributed by atoms with Crippen molar-refractivity contribution < 1.29 is 0 Å². The predicted octanol–water partition coefficient (Wildman–Crippen LogP) is 4.25. The zero-order valence-electron chi connectivity index (χ0n) is 14.0. The molecule has 4 rings (SSSR count). The molecule has 0 N–H and O–H groups in total. The topological polar surface area (TPSA) is 0 Å². The fourth-order valence-electron chi connectivity index (χ4n) is 3.19. The molecule has 1 aliphatic rings. The molecular weight excluding hydrogens is 276 g/mol. The van der Waals surface area contributed by atoms with Crippen molar-refractivity contribution in [2.24, 2.45) is 0 Å². The molecule has 3 aromatic rings. The number of rotatable bonds is 0. The van der Waals surface area contributed by atoms with Gasteiger partial charge in [0.2, 0.25) is 0 Å². The lowest BCUT2D eigenvalue weighted by Gasteiger charge is -2.02. The Morgan fingerprint density at radius 2 is 0.870 bits per heavy atom. The summed E-state index contributed by atoms with van der Waals surface area (Å²) in [6.07, 6.45) is 2.30. The average Bonchev–Trinajstić information content (AvgIpc) is 2.63. The molecule has 0 heterocycles. The molecule has 0 saturated heterocycles. The summed E-state index contributed by atoms with van der Waals surface area (Å²) in [4.78, 5) is 0. The van der Waals surface area contributed by atoms with E-state index in [0.717, 1.165) is 0 Å². The molecule has 23 heavy (non-hydrogen) atoms. The lowest BCUT2D eigenvalue weighted by atomic mass is 10.0. The Hall–Kier alpha value is -2.60. The summed E-state index contributed by atoms with van der Waals surface area (Å²) < 4.78 is 0. The second kappa shape index (κ2) is 6.66. The van der Waals surface area contributed by atoms with Gasteiger partial charge in [-0.1, -0.05) is 92.7 Å². The summed E-state index contributed by atoms with van der Waals surface area (Å²) in [5, 5.41) is 7.85. The minimum Gasteiger partial charge on any atom is -0.0683 e. The zero-order chi connectivity index (χ0) is 16.2. The van der Waals surface area contributed by atoms with Gasteiger partial charge in [0.1, 0.15) is 0 Å². The summed E-state index contributed by atoms with van der Waals surface area (Å²) in [5.74, 6) is 0. The Labute approximate surface area is 137 Å². The SMILES string of the molecule is CC.CC1=c2cccc/c2=c2\cccc\c2=c2/ccccc2=C1. The van der Waals surface area contributed by atoms with Crippen LogP contribution in [-0.4, -0.2) is 0 Å². The maximum atomic E-state index is 2.30. The molecule has 0 atom stereocenters. The van der Waals surface area contributed by atoms with Crippen LogP contribution in [0.5, 0.6) is 0 Å². The van der Waals surface area contributed by atoms with Crippen LogP contribution in [-0.2, 0) is 0 Å². The first-order valence-electron chi connectivity index (χ1n) is 8.31. The normalized spacial score (nSPS) is 14.7. The van der Waals surface area contributed by atoms with Gasteiger partial charge in [0, 0.05) is 0 Å². The highest BCUT2D eigenvalue weighted by Crippen LogP contribution is 2.04. The molecule has 0 aliphatic heterocycles. The number of hydrogen-bond acceptors (Lipinski definition) is 0. The van der Waals surface area contributed by atoms with Crippen molar-refractivity contribution in [2.75, 3.05) is 0 Å². The van der Waals surface area contributed by atoms with Gasteiger partial charge in [-0.05, 0) is 43.8 Å². The van der Waals surface area contributed by atoms with Crippen LogP contribution in [0.1, 0.15) is 20.8 Å². The fourth-order valence-corrected chi connectivity index (χ4v) is 3.19. The molecule has 0 fully saturated rings. The van der Waals surface area contributed by atoms with E-state index >= 15 is 0 Å². The molecule has 0 bridgehead atoms. The molecule has 0 heteroatoms. The Morgan fingerprint density at radius 3 is 1.48 bits per heavy atom. The van der Waals surface area contributed by atoms with Crippen LogP contribution in [0.4, 0.5) is 0 Å². The van der Waals surface area contributed by atoms with E-state index in [-0.39, 0.29) is 0 Å². The number of benzene rings is 3. The molecule has 3 aromatic carbocycles. The molecule has 0 amide bonds. The largest absolute Gasteiger partial charge is 0.0683 e. The zero-order valence-corrected chi connectivity index (χ0v) is 14.0. The molecule has 0 spiro atoms. The summed E-state index contributed by atoms with van der Waals surface area (Å²) in [7, 11) is 0. The molecule has 1 aliphatic carbocycles. The van der Waals surface area contributed by atoms with Crippen LogP contribution >= 0.6 is 0 Å². The van der Waals surface area contributed by atoms with Gasteiger partial charge in [-0.3, -0.25) is 0 Å². The maximum absolute atomic E-state index is 2.30. The van der Waals surface area contributed by atoms with E-state index < -0.39 is 0 Å². The van der Waals surface area contributed by atoms with E-state index in [1.54, 1.807) is 0 Å². The van der Waals surface area contributed by atoms with Crippen molar-refractivity contribution in [3.63, 3.8) is 0 Å². The summed E-state index contributed by atoms with van der Waals surface area (Å²) >= 11 is 0. The standard InChI is InChI=1S/C21H16.C2H6/c1-15-14-16-8-2-3-10-18(16)20-12-6-7-13-21(20)19-11-5-4-9-17(15)19;1-2/h2-14H,1H3;1-2H3/b15-14?,16-14?,17-15?,20-18-,21-19-;. The van der Waals surface area contributed by atoms with Crippen molar-refractivity contribution in [1.29, 1.82) is 0 Å². The van der Waals surface area contributed by atoms with Crippen LogP contribution < -0.4 is 10.4 Å². The van der Waals surface area contributed by atoms with Gasteiger partial charge in [-0.15, -0.1) is 0 Å². The van der Waals surface area contributed by atoms with E-state index in [1.165, 1.54) is 36.9 Å². The monoisotopic (exact) mass is 298 g/mol. The van der Waals surface area contributed by atoms with Gasteiger partial charge in [0.15, 0.2) is 0 Å². The van der Waals surface area contributed by atoms with Crippen molar-refractivity contribution >= 4 is 11.6 Å². The first-order chi connectivity index (χ1) is 11.3. The summed E-state index contributed by atoms with van der Waals surface area (Å²) in [6, 6.07) is 26.0. The van der Waals surface area contributed by atoms with Gasteiger partial charge < -0.3 is 0 Å². The van der Waals surface area contributed by atoms with Crippen LogP contribution in [0.25, 0.3) is 11.6 Å². The third-order valence-electron chi connectivity index (χ3n) is 4.19. The molecular formula is C23H22. The van der Waals surface area contributed by atoms with Crippen LogP contribution in [0.15, 0.2) is 72.8 Å². The first kappa shape index (κ1) is 15.3. The highest BCUT2D eigenvalue weighted by Gasteiger charge is 1.98. The Balaban J connectivity index is 0.000000753. The third-order valence-corrected chi connectivity index (χ3v) is 4.19. The second-order valence-electron chi connectivity index (χ2n) is 5.51. The smallest absolute Gasteiger partial charge is 0.00991 e. The van der Waals surface area contributed by atoms with Gasteiger partial charge in [0.25, 0.3) is 0 Å². The first-order valence-corrected chi connectivity index (χ1v) is 8.31. The molecule has 0 unspecified atom stereocenters. The molecule has 0 nitrogen and oxygen atoms in total. The maximum Gasteiger partial charge on any atom is -0.00991 e. The molecule has 0 radical (unpaired) electrons. The van der Waals surface area contributed by atoms with Crippen LogP contribution in [0.2, 0.25) is 0 Å². The van der Waals surface area contributed by atoms with E-state index in [1.807, 2.05) is 13.8 Å². The highest BCUT2D eigenvalue weighted by atomic mass is 14.0. The van der Waals surface area contributed by atoms with E-state index in [9.17, 15) is 0 Å². The summed E-state index contributed by atoms with van der Waals surface area (Å²) in [6.45, 7) is 6.20. The lowest BCUT2D eigenvalue weighted by molar-refractivity contribution is 1.34. The van der Waals surface area contributed by atoms with Gasteiger partial charge >= 0.3 is 0 Å². The van der Waals surface area contributed by atoms with Crippen molar-refractivity contribution in [2.45, 2.75) is 20.8 Å². The molecule has 0 aromatic heterocycles. The van der Waals surface area contributed by atoms with Crippen LogP contribution in [0.3, 0.4) is 0 Å². The minimum absolute atomic E-state index is 1.29. The Kier molecular flexibility index (Phi) is 4.43. The van der Waals surface area contributed by atoms with Gasteiger partial charge in [-0.2, -0.15) is 0 Å². The minimum atomic E-state index is 1.29.